The number of nitrogens with zero attached hydrogens (tertiary/aromatic N) is 1. The number of aliphatic hydroxyl groups is 1. The van der Waals surface area contributed by atoms with Gasteiger partial charge in [0.2, 0.25) is 5.91 Å². The van der Waals surface area contributed by atoms with Crippen LogP contribution in [0.15, 0.2) is 0 Å². The summed E-state index contributed by atoms with van der Waals surface area (Å²) >= 11 is 0. The van der Waals surface area contributed by atoms with Crippen LogP contribution in [0.1, 0.15) is 51.4 Å². The predicted octanol–water partition coefficient (Wildman–Crippen LogP) is 1.27. The Morgan fingerprint density at radius 1 is 1.24 bits per heavy atom. The molecule has 0 aliphatic heterocycles. The molecular weight excluding hydrogens is 216 g/mol. The summed E-state index contributed by atoms with van der Waals surface area (Å²) in [7, 11) is 0. The topological polar surface area (TPSA) is 66.6 Å². The molecule has 0 atom stereocenters. The largest absolute Gasteiger partial charge is 0.395 e. The second-order valence-corrected chi connectivity index (χ2v) is 4.85. The van der Waals surface area contributed by atoms with Gasteiger partial charge in [-0.1, -0.05) is 19.3 Å². The molecule has 0 aromatic rings. The van der Waals surface area contributed by atoms with Crippen LogP contribution in [0.5, 0.6) is 0 Å². The van der Waals surface area contributed by atoms with E-state index in [1.54, 1.807) is 0 Å². The van der Waals surface area contributed by atoms with Gasteiger partial charge in [0.05, 0.1) is 6.61 Å². The number of hydrogen-bond donors (Lipinski definition) is 2. The van der Waals surface area contributed by atoms with Crippen LogP contribution in [0.25, 0.3) is 0 Å². The lowest BCUT2D eigenvalue weighted by molar-refractivity contribution is -0.134. The third-order valence-corrected chi connectivity index (χ3v) is 3.52. The van der Waals surface area contributed by atoms with Gasteiger partial charge in [0.25, 0.3) is 0 Å². The lowest BCUT2D eigenvalue weighted by atomic mass is 10.1. The van der Waals surface area contributed by atoms with Gasteiger partial charge < -0.3 is 15.7 Å². The van der Waals surface area contributed by atoms with Gasteiger partial charge in [-0.3, -0.25) is 4.79 Å². The summed E-state index contributed by atoms with van der Waals surface area (Å²) in [5, 5.41) is 9.05. The van der Waals surface area contributed by atoms with E-state index in [1.807, 2.05) is 4.90 Å². The lowest BCUT2D eigenvalue weighted by Crippen LogP contribution is -2.40. The van der Waals surface area contributed by atoms with Crippen molar-refractivity contribution >= 4 is 5.91 Å². The van der Waals surface area contributed by atoms with Crippen LogP contribution in [-0.2, 0) is 4.79 Å². The number of aliphatic hydroxyl groups excluding tert-OH is 1. The second-order valence-electron chi connectivity index (χ2n) is 4.85. The minimum absolute atomic E-state index is 0.0744. The van der Waals surface area contributed by atoms with Crippen LogP contribution in [0, 0.1) is 0 Å². The highest BCUT2D eigenvalue weighted by Gasteiger charge is 2.25. The molecule has 3 N–H and O–H groups in total. The molecule has 0 aromatic carbocycles. The molecule has 17 heavy (non-hydrogen) atoms. The van der Waals surface area contributed by atoms with Crippen molar-refractivity contribution in [1.82, 2.24) is 4.90 Å². The first-order chi connectivity index (χ1) is 8.29. The normalized spacial score (nSPS) is 16.4. The number of nitrogens with two attached hydrogens (primary N) is 1. The molecule has 4 nitrogen and oxygen atoms in total. The van der Waals surface area contributed by atoms with Crippen molar-refractivity contribution in [3.05, 3.63) is 0 Å². The van der Waals surface area contributed by atoms with E-state index in [0.717, 1.165) is 32.1 Å². The average Bonchev–Trinajstić information content (AvgIpc) is 2.85. The molecular formula is C13H26N2O2. The molecule has 0 heterocycles. The van der Waals surface area contributed by atoms with Crippen molar-refractivity contribution in [3.8, 4) is 0 Å². The van der Waals surface area contributed by atoms with Gasteiger partial charge in [-0.2, -0.15) is 0 Å². The summed E-state index contributed by atoms with van der Waals surface area (Å²) in [5.74, 6) is 0.211. The van der Waals surface area contributed by atoms with Crippen molar-refractivity contribution in [1.29, 1.82) is 0 Å². The molecule has 0 aromatic heterocycles. The van der Waals surface area contributed by atoms with Gasteiger partial charge in [0, 0.05) is 19.0 Å². The van der Waals surface area contributed by atoms with Crippen LogP contribution < -0.4 is 5.73 Å². The number of unbranched alkanes of at least 4 members (excludes halogenated alkanes) is 2. The van der Waals surface area contributed by atoms with Crippen molar-refractivity contribution < 1.29 is 9.90 Å². The summed E-state index contributed by atoms with van der Waals surface area (Å²) in [6, 6.07) is 0.379. The standard InChI is InChI=1S/C13H26N2O2/c14-9-5-1-2-8-13(17)15(10-11-16)12-6-3-4-7-12/h12,16H,1-11,14H2. The van der Waals surface area contributed by atoms with Crippen molar-refractivity contribution in [2.24, 2.45) is 5.73 Å². The Labute approximate surface area is 104 Å². The zero-order chi connectivity index (χ0) is 12.5. The van der Waals surface area contributed by atoms with Gasteiger partial charge >= 0.3 is 0 Å². The molecule has 4 heteroatoms. The highest BCUT2D eigenvalue weighted by Crippen LogP contribution is 2.24. The number of hydrogen-bond acceptors (Lipinski definition) is 3. The van der Waals surface area contributed by atoms with Gasteiger partial charge in [0.1, 0.15) is 0 Å². The highest BCUT2D eigenvalue weighted by molar-refractivity contribution is 5.76. The molecule has 1 saturated carbocycles. The number of rotatable bonds is 8. The number of amides is 1. The minimum Gasteiger partial charge on any atom is -0.395 e. The van der Waals surface area contributed by atoms with Crippen LogP contribution in [0.3, 0.4) is 0 Å². The number of carbonyl (C=O) groups is 1. The maximum absolute atomic E-state index is 12.1. The molecule has 100 valence electrons. The smallest absolute Gasteiger partial charge is 0.222 e. The summed E-state index contributed by atoms with van der Waals surface area (Å²) in [6.07, 6.45) is 8.20. The van der Waals surface area contributed by atoms with Gasteiger partial charge in [-0.25, -0.2) is 0 Å². The molecule has 0 unspecified atom stereocenters. The third kappa shape index (κ3) is 5.04. The first-order valence-corrected chi connectivity index (χ1v) is 6.90. The van der Waals surface area contributed by atoms with Crippen LogP contribution >= 0.6 is 0 Å². The van der Waals surface area contributed by atoms with E-state index in [1.165, 1.54) is 12.8 Å². The fraction of sp³-hybridized carbons (Fsp3) is 0.923. The van der Waals surface area contributed by atoms with E-state index < -0.39 is 0 Å². The molecule has 1 aliphatic carbocycles. The van der Waals surface area contributed by atoms with E-state index >= 15 is 0 Å². The molecule has 1 aliphatic rings. The summed E-state index contributed by atoms with van der Waals surface area (Å²) in [4.78, 5) is 14.0. The van der Waals surface area contributed by atoms with Crippen LogP contribution in [-0.4, -0.2) is 41.7 Å². The van der Waals surface area contributed by atoms with Crippen molar-refractivity contribution in [3.63, 3.8) is 0 Å². The van der Waals surface area contributed by atoms with Crippen LogP contribution in [0.4, 0.5) is 0 Å². The Kier molecular flexibility index (Phi) is 7.21. The minimum atomic E-state index is 0.0744. The fourth-order valence-electron chi connectivity index (χ4n) is 2.58. The van der Waals surface area contributed by atoms with Crippen LogP contribution in [0.2, 0.25) is 0 Å². The molecule has 0 radical (unpaired) electrons. The zero-order valence-corrected chi connectivity index (χ0v) is 10.7. The molecule has 1 fully saturated rings. The maximum Gasteiger partial charge on any atom is 0.222 e. The Morgan fingerprint density at radius 3 is 2.53 bits per heavy atom. The van der Waals surface area contributed by atoms with Crippen molar-refractivity contribution in [2.75, 3.05) is 19.7 Å². The zero-order valence-electron chi connectivity index (χ0n) is 10.7. The Bertz CT molecular complexity index is 215. The Hall–Kier alpha value is -0.610. The van der Waals surface area contributed by atoms with Crippen molar-refractivity contribution in [2.45, 2.75) is 57.4 Å². The SMILES string of the molecule is NCCCCCC(=O)N(CCO)C1CCCC1. The van der Waals surface area contributed by atoms with E-state index in [4.69, 9.17) is 10.8 Å². The van der Waals surface area contributed by atoms with Gasteiger partial charge in [-0.15, -0.1) is 0 Å². The Morgan fingerprint density at radius 2 is 1.94 bits per heavy atom. The molecule has 0 spiro atoms. The van der Waals surface area contributed by atoms with E-state index in [9.17, 15) is 4.79 Å². The average molecular weight is 242 g/mol. The third-order valence-electron chi connectivity index (χ3n) is 3.52. The summed E-state index contributed by atoms with van der Waals surface area (Å²) < 4.78 is 0. The maximum atomic E-state index is 12.1. The molecule has 1 rings (SSSR count). The fourth-order valence-corrected chi connectivity index (χ4v) is 2.58. The predicted molar refractivity (Wildman–Crippen MR) is 68.6 cm³/mol. The van der Waals surface area contributed by atoms with Gasteiger partial charge in [-0.05, 0) is 32.2 Å². The first-order valence-electron chi connectivity index (χ1n) is 6.90. The molecule has 0 bridgehead atoms. The quantitative estimate of drug-likeness (QED) is 0.630. The van der Waals surface area contributed by atoms with E-state index in [2.05, 4.69) is 0 Å². The molecule has 0 saturated heterocycles. The highest BCUT2D eigenvalue weighted by atomic mass is 16.3. The lowest BCUT2D eigenvalue weighted by Gasteiger charge is -2.28. The van der Waals surface area contributed by atoms with Gasteiger partial charge in [0.15, 0.2) is 0 Å². The van der Waals surface area contributed by atoms with E-state index in [-0.39, 0.29) is 12.5 Å². The second kappa shape index (κ2) is 8.48. The number of carbonyl (C=O) groups excluding carboxylic acids is 1. The Balaban J connectivity index is 2.32. The first kappa shape index (κ1) is 14.5. The monoisotopic (exact) mass is 242 g/mol. The van der Waals surface area contributed by atoms with E-state index in [0.29, 0.717) is 25.6 Å². The summed E-state index contributed by atoms with van der Waals surface area (Å²) in [5.41, 5.74) is 5.42. The summed E-state index contributed by atoms with van der Waals surface area (Å²) in [6.45, 7) is 1.28. The molecule has 1 amide bonds.